The van der Waals surface area contributed by atoms with Crippen LogP contribution in [0.1, 0.15) is 24.2 Å². The number of rotatable bonds is 1. The number of hydrogen-bond donors (Lipinski definition) is 2. The molecule has 0 bridgehead atoms. The lowest BCUT2D eigenvalue weighted by atomic mass is 10.1. The average molecular weight is 235 g/mol. The second-order valence-electron chi connectivity index (χ2n) is 3.67. The molecule has 0 aliphatic carbocycles. The van der Waals surface area contributed by atoms with E-state index in [0.717, 1.165) is 26.2 Å². The molecule has 1 aromatic rings. The number of anilines is 1. The van der Waals surface area contributed by atoms with Crippen molar-refractivity contribution in [3.05, 3.63) is 29.8 Å². The van der Waals surface area contributed by atoms with Gasteiger partial charge in [0, 0.05) is 37.4 Å². The number of nitrogens with one attached hydrogen (secondary N) is 1. The number of nitrogen functional groups attached to an aromatic ring is 1. The quantitative estimate of drug-likeness (QED) is 0.722. The average Bonchev–Trinajstić information content (AvgIpc) is 2.41. The van der Waals surface area contributed by atoms with Gasteiger partial charge in [0.15, 0.2) is 0 Å². The Hall–Kier alpha value is -1.55. The predicted molar refractivity (Wildman–Crippen MR) is 71.0 cm³/mol. The molecule has 0 radical (unpaired) electrons. The zero-order chi connectivity index (χ0) is 12.7. The van der Waals surface area contributed by atoms with Crippen LogP contribution in [0.3, 0.4) is 0 Å². The summed E-state index contributed by atoms with van der Waals surface area (Å²) in [7, 11) is 0. The van der Waals surface area contributed by atoms with Crippen LogP contribution in [-0.4, -0.2) is 37.0 Å². The van der Waals surface area contributed by atoms with Gasteiger partial charge < -0.3 is 16.0 Å². The van der Waals surface area contributed by atoms with Crippen molar-refractivity contribution in [2.75, 3.05) is 31.9 Å². The van der Waals surface area contributed by atoms with Crippen molar-refractivity contribution in [2.45, 2.75) is 13.8 Å². The van der Waals surface area contributed by atoms with Crippen molar-refractivity contribution >= 4 is 11.6 Å². The minimum Gasteiger partial charge on any atom is -0.399 e. The zero-order valence-electron chi connectivity index (χ0n) is 10.6. The third-order valence-corrected chi connectivity index (χ3v) is 2.54. The molecule has 1 aliphatic heterocycles. The summed E-state index contributed by atoms with van der Waals surface area (Å²) in [4.78, 5) is 13.8. The molecule has 1 fully saturated rings. The van der Waals surface area contributed by atoms with Crippen molar-refractivity contribution < 1.29 is 4.79 Å². The highest BCUT2D eigenvalue weighted by Gasteiger charge is 2.17. The fraction of sp³-hybridized carbons (Fsp3) is 0.462. The maximum atomic E-state index is 12.0. The fourth-order valence-electron chi connectivity index (χ4n) is 1.72. The molecule has 1 aliphatic rings. The van der Waals surface area contributed by atoms with Crippen LogP contribution < -0.4 is 11.1 Å². The number of amides is 1. The van der Waals surface area contributed by atoms with Crippen LogP contribution in [0.5, 0.6) is 0 Å². The van der Waals surface area contributed by atoms with E-state index in [4.69, 9.17) is 5.73 Å². The number of hydrogen-bond acceptors (Lipinski definition) is 3. The van der Waals surface area contributed by atoms with E-state index in [2.05, 4.69) is 5.32 Å². The first-order chi connectivity index (χ1) is 8.27. The maximum Gasteiger partial charge on any atom is 0.254 e. The van der Waals surface area contributed by atoms with Gasteiger partial charge in [0.2, 0.25) is 0 Å². The van der Waals surface area contributed by atoms with Crippen LogP contribution in [-0.2, 0) is 0 Å². The Morgan fingerprint density at radius 1 is 1.29 bits per heavy atom. The van der Waals surface area contributed by atoms with E-state index in [-0.39, 0.29) is 5.91 Å². The Kier molecular flexibility index (Phi) is 5.49. The van der Waals surface area contributed by atoms with E-state index < -0.39 is 0 Å². The Morgan fingerprint density at radius 2 is 1.94 bits per heavy atom. The van der Waals surface area contributed by atoms with Crippen LogP contribution in [0.15, 0.2) is 24.3 Å². The molecule has 94 valence electrons. The largest absolute Gasteiger partial charge is 0.399 e. The molecular formula is C13H21N3O. The van der Waals surface area contributed by atoms with Gasteiger partial charge in [-0.05, 0) is 18.2 Å². The SMILES string of the molecule is CC.Nc1cccc(C(=O)N2CCNCC2)c1. The molecular weight excluding hydrogens is 214 g/mol. The van der Waals surface area contributed by atoms with Gasteiger partial charge in [0.1, 0.15) is 0 Å². The van der Waals surface area contributed by atoms with E-state index in [1.54, 1.807) is 18.2 Å². The first-order valence-electron chi connectivity index (χ1n) is 6.13. The molecule has 4 nitrogen and oxygen atoms in total. The standard InChI is InChI=1S/C11H15N3O.C2H6/c12-10-3-1-2-9(8-10)11(15)14-6-4-13-5-7-14;1-2/h1-3,8,13H,4-7,12H2;1-2H3. The normalized spacial score (nSPS) is 14.8. The summed E-state index contributed by atoms with van der Waals surface area (Å²) in [5.74, 6) is 0.0730. The highest BCUT2D eigenvalue weighted by Crippen LogP contribution is 2.10. The summed E-state index contributed by atoms with van der Waals surface area (Å²) in [6, 6.07) is 7.13. The summed E-state index contributed by atoms with van der Waals surface area (Å²) in [6.45, 7) is 7.28. The Morgan fingerprint density at radius 3 is 2.53 bits per heavy atom. The molecule has 2 rings (SSSR count). The van der Waals surface area contributed by atoms with E-state index in [0.29, 0.717) is 11.3 Å². The highest BCUT2D eigenvalue weighted by molar-refractivity contribution is 5.95. The molecule has 1 amide bonds. The summed E-state index contributed by atoms with van der Waals surface area (Å²) >= 11 is 0. The molecule has 0 spiro atoms. The van der Waals surface area contributed by atoms with Crippen LogP contribution in [0.4, 0.5) is 5.69 Å². The summed E-state index contributed by atoms with van der Waals surface area (Å²) in [6.07, 6.45) is 0. The number of carbonyl (C=O) groups excluding carboxylic acids is 1. The van der Waals surface area contributed by atoms with E-state index in [9.17, 15) is 4.79 Å². The molecule has 1 aromatic carbocycles. The van der Waals surface area contributed by atoms with Crippen molar-refractivity contribution in [1.82, 2.24) is 10.2 Å². The van der Waals surface area contributed by atoms with Gasteiger partial charge in [-0.25, -0.2) is 0 Å². The topological polar surface area (TPSA) is 58.4 Å². The molecule has 0 atom stereocenters. The van der Waals surface area contributed by atoms with E-state index in [1.165, 1.54) is 0 Å². The minimum absolute atomic E-state index is 0.0730. The Labute approximate surface area is 103 Å². The lowest BCUT2D eigenvalue weighted by Gasteiger charge is -2.27. The number of piperazine rings is 1. The second-order valence-corrected chi connectivity index (χ2v) is 3.67. The maximum absolute atomic E-state index is 12.0. The Bertz CT molecular complexity index is 359. The zero-order valence-corrected chi connectivity index (χ0v) is 10.6. The number of nitrogens with zero attached hydrogens (tertiary/aromatic N) is 1. The van der Waals surface area contributed by atoms with Crippen LogP contribution in [0.2, 0.25) is 0 Å². The van der Waals surface area contributed by atoms with Crippen molar-refractivity contribution in [3.8, 4) is 0 Å². The van der Waals surface area contributed by atoms with Gasteiger partial charge in [-0.1, -0.05) is 19.9 Å². The minimum atomic E-state index is 0.0730. The Balaban J connectivity index is 0.000000686. The van der Waals surface area contributed by atoms with Gasteiger partial charge in [0.05, 0.1) is 0 Å². The van der Waals surface area contributed by atoms with Crippen molar-refractivity contribution in [2.24, 2.45) is 0 Å². The van der Waals surface area contributed by atoms with E-state index >= 15 is 0 Å². The number of carbonyl (C=O) groups is 1. The fourth-order valence-corrected chi connectivity index (χ4v) is 1.72. The van der Waals surface area contributed by atoms with Gasteiger partial charge >= 0.3 is 0 Å². The van der Waals surface area contributed by atoms with Crippen molar-refractivity contribution in [3.63, 3.8) is 0 Å². The first-order valence-corrected chi connectivity index (χ1v) is 6.13. The molecule has 4 heteroatoms. The summed E-state index contributed by atoms with van der Waals surface area (Å²) in [5.41, 5.74) is 6.96. The molecule has 0 aromatic heterocycles. The van der Waals surface area contributed by atoms with Gasteiger partial charge in [-0.3, -0.25) is 4.79 Å². The number of nitrogens with two attached hydrogens (primary N) is 1. The second kappa shape index (κ2) is 6.91. The monoisotopic (exact) mass is 235 g/mol. The van der Waals surface area contributed by atoms with Crippen LogP contribution >= 0.6 is 0 Å². The molecule has 17 heavy (non-hydrogen) atoms. The highest BCUT2D eigenvalue weighted by atomic mass is 16.2. The lowest BCUT2D eigenvalue weighted by molar-refractivity contribution is 0.0736. The summed E-state index contributed by atoms with van der Waals surface area (Å²) in [5, 5.41) is 3.21. The predicted octanol–water partition coefficient (Wildman–Crippen LogP) is 1.34. The third kappa shape index (κ3) is 3.75. The van der Waals surface area contributed by atoms with E-state index in [1.807, 2.05) is 24.8 Å². The third-order valence-electron chi connectivity index (χ3n) is 2.54. The van der Waals surface area contributed by atoms with Crippen molar-refractivity contribution in [1.29, 1.82) is 0 Å². The van der Waals surface area contributed by atoms with Crippen LogP contribution in [0, 0.1) is 0 Å². The molecule has 3 N–H and O–H groups in total. The van der Waals surface area contributed by atoms with Crippen LogP contribution in [0.25, 0.3) is 0 Å². The molecule has 1 saturated heterocycles. The summed E-state index contributed by atoms with van der Waals surface area (Å²) < 4.78 is 0. The first kappa shape index (κ1) is 13.5. The van der Waals surface area contributed by atoms with Gasteiger partial charge in [-0.15, -0.1) is 0 Å². The molecule has 0 unspecified atom stereocenters. The van der Waals surface area contributed by atoms with Gasteiger partial charge in [-0.2, -0.15) is 0 Å². The number of benzene rings is 1. The smallest absolute Gasteiger partial charge is 0.254 e. The molecule has 1 heterocycles. The van der Waals surface area contributed by atoms with Gasteiger partial charge in [0.25, 0.3) is 5.91 Å². The molecule has 0 saturated carbocycles. The lowest BCUT2D eigenvalue weighted by Crippen LogP contribution is -2.46.